The number of aryl methyl sites for hydroxylation is 2. The number of nitrogens with zero attached hydrogens (tertiary/aromatic N) is 6. The fraction of sp³-hybridized carbons (Fsp3) is 0.200. The van der Waals surface area contributed by atoms with Crippen LogP contribution in [-0.4, -0.2) is 30.1 Å². The van der Waals surface area contributed by atoms with Gasteiger partial charge in [-0.2, -0.15) is 4.98 Å². The number of nitrogens with one attached hydrogen (secondary N) is 1. The Morgan fingerprint density at radius 2 is 2.04 bits per heavy atom. The van der Waals surface area contributed by atoms with Crippen LogP contribution in [0.4, 0.5) is 5.82 Å². The predicted molar refractivity (Wildman–Crippen MR) is 89.5 cm³/mol. The molecule has 8 nitrogen and oxygen atoms in total. The molecule has 0 aromatic carbocycles. The van der Waals surface area contributed by atoms with E-state index in [0.717, 1.165) is 20.8 Å². The molecule has 0 atom stereocenters. The Hall–Kier alpha value is -2.94. The van der Waals surface area contributed by atoms with Crippen LogP contribution in [-0.2, 0) is 6.54 Å². The van der Waals surface area contributed by atoms with Crippen LogP contribution in [0.25, 0.3) is 21.6 Å². The average Bonchev–Trinajstić information content (AvgIpc) is 3.21. The molecule has 9 heteroatoms. The molecule has 4 heterocycles. The lowest BCUT2D eigenvalue weighted by Gasteiger charge is -2.06. The van der Waals surface area contributed by atoms with Crippen molar-refractivity contribution in [1.82, 2.24) is 30.1 Å². The van der Waals surface area contributed by atoms with Crippen molar-refractivity contribution in [2.45, 2.75) is 20.4 Å². The van der Waals surface area contributed by atoms with E-state index in [1.54, 1.807) is 24.5 Å². The van der Waals surface area contributed by atoms with Gasteiger partial charge in [0.25, 0.3) is 0 Å². The van der Waals surface area contributed by atoms with Crippen molar-refractivity contribution < 1.29 is 4.52 Å². The minimum atomic E-state index is 0.407. The molecule has 0 aliphatic rings. The maximum atomic E-state index is 4.97. The monoisotopic (exact) mass is 339 g/mol. The zero-order chi connectivity index (χ0) is 16.5. The highest BCUT2D eigenvalue weighted by Crippen LogP contribution is 2.28. The lowest BCUT2D eigenvalue weighted by Crippen LogP contribution is -2.04. The zero-order valence-electron chi connectivity index (χ0n) is 13.0. The van der Waals surface area contributed by atoms with Crippen LogP contribution in [0.15, 0.2) is 29.3 Å². The van der Waals surface area contributed by atoms with Crippen LogP contribution in [0.5, 0.6) is 0 Å². The van der Waals surface area contributed by atoms with Gasteiger partial charge in [-0.1, -0.05) is 5.16 Å². The summed E-state index contributed by atoms with van der Waals surface area (Å²) in [5.41, 5.74) is 1.56. The highest BCUT2D eigenvalue weighted by atomic mass is 32.1. The summed E-state index contributed by atoms with van der Waals surface area (Å²) in [6.07, 6.45) is 5.11. The van der Waals surface area contributed by atoms with Crippen molar-refractivity contribution in [2.75, 3.05) is 5.32 Å². The molecule has 0 fully saturated rings. The number of rotatable bonds is 4. The van der Waals surface area contributed by atoms with Crippen molar-refractivity contribution in [3.63, 3.8) is 0 Å². The topological polar surface area (TPSA) is 103 Å². The largest absolute Gasteiger partial charge is 0.362 e. The Labute approximate surface area is 141 Å². The number of hydrogen-bond acceptors (Lipinski definition) is 9. The van der Waals surface area contributed by atoms with E-state index in [1.807, 2.05) is 19.2 Å². The van der Waals surface area contributed by atoms with Gasteiger partial charge in [-0.05, 0) is 13.0 Å². The summed E-state index contributed by atoms with van der Waals surface area (Å²) < 4.78 is 4.97. The first kappa shape index (κ1) is 14.6. The van der Waals surface area contributed by atoms with Gasteiger partial charge in [-0.25, -0.2) is 19.9 Å². The van der Waals surface area contributed by atoms with Gasteiger partial charge in [-0.15, -0.1) is 11.3 Å². The summed E-state index contributed by atoms with van der Waals surface area (Å²) >= 11 is 1.62. The van der Waals surface area contributed by atoms with Gasteiger partial charge in [0.05, 0.1) is 11.9 Å². The first-order valence-corrected chi connectivity index (χ1v) is 8.07. The number of fused-ring (bicyclic) bond motifs is 1. The minimum absolute atomic E-state index is 0.407. The molecule has 0 bridgehead atoms. The molecular formula is C15H13N7OS. The molecule has 4 aromatic rings. The van der Waals surface area contributed by atoms with E-state index >= 15 is 0 Å². The second-order valence-electron chi connectivity index (χ2n) is 5.18. The fourth-order valence-corrected chi connectivity index (χ4v) is 3.01. The molecule has 0 aliphatic carbocycles. The van der Waals surface area contributed by atoms with Gasteiger partial charge < -0.3 is 9.84 Å². The third-order valence-electron chi connectivity index (χ3n) is 3.34. The number of anilines is 1. The molecular weight excluding hydrogens is 326 g/mol. The van der Waals surface area contributed by atoms with Crippen LogP contribution in [0.2, 0.25) is 0 Å². The third-order valence-corrected chi connectivity index (χ3v) is 4.30. The van der Waals surface area contributed by atoms with E-state index in [1.165, 1.54) is 6.33 Å². The predicted octanol–water partition coefficient (Wildman–Crippen LogP) is 2.76. The summed E-state index contributed by atoms with van der Waals surface area (Å²) in [4.78, 5) is 22.7. The van der Waals surface area contributed by atoms with E-state index in [2.05, 4.69) is 35.4 Å². The second kappa shape index (κ2) is 5.93. The molecule has 0 spiro atoms. The van der Waals surface area contributed by atoms with Crippen molar-refractivity contribution in [2.24, 2.45) is 0 Å². The van der Waals surface area contributed by atoms with Gasteiger partial charge in [0, 0.05) is 29.8 Å². The number of thiazole rings is 1. The van der Waals surface area contributed by atoms with Crippen LogP contribution < -0.4 is 5.32 Å². The lowest BCUT2D eigenvalue weighted by molar-refractivity contribution is 0.388. The second-order valence-corrected chi connectivity index (χ2v) is 6.41. The molecule has 1 N–H and O–H groups in total. The highest BCUT2D eigenvalue weighted by molar-refractivity contribution is 7.14. The Morgan fingerprint density at radius 1 is 1.12 bits per heavy atom. The summed E-state index contributed by atoms with van der Waals surface area (Å²) in [7, 11) is 0. The Kier molecular flexibility index (Phi) is 3.62. The quantitative estimate of drug-likeness (QED) is 0.605. The number of aromatic nitrogens is 6. The highest BCUT2D eigenvalue weighted by Gasteiger charge is 2.10. The van der Waals surface area contributed by atoms with Crippen molar-refractivity contribution in [3.05, 3.63) is 41.4 Å². The van der Waals surface area contributed by atoms with Crippen LogP contribution in [0.3, 0.4) is 0 Å². The number of pyridine rings is 1. The van der Waals surface area contributed by atoms with E-state index in [0.29, 0.717) is 29.7 Å². The smallest absolute Gasteiger partial charge is 0.223 e. The van der Waals surface area contributed by atoms with Gasteiger partial charge >= 0.3 is 0 Å². The molecule has 0 saturated heterocycles. The minimum Gasteiger partial charge on any atom is -0.362 e. The maximum Gasteiger partial charge on any atom is 0.223 e. The summed E-state index contributed by atoms with van der Waals surface area (Å²) in [5, 5.41) is 8.81. The van der Waals surface area contributed by atoms with Crippen molar-refractivity contribution in [3.8, 4) is 10.6 Å². The first-order valence-electron chi connectivity index (χ1n) is 7.25. The lowest BCUT2D eigenvalue weighted by atomic mass is 10.2. The van der Waals surface area contributed by atoms with Gasteiger partial charge in [0.15, 0.2) is 11.5 Å². The molecule has 0 saturated carbocycles. The molecule has 24 heavy (non-hydrogen) atoms. The van der Waals surface area contributed by atoms with E-state index < -0.39 is 0 Å². The van der Waals surface area contributed by atoms with Crippen LogP contribution in [0, 0.1) is 13.8 Å². The van der Waals surface area contributed by atoms with Crippen molar-refractivity contribution in [1.29, 1.82) is 0 Å². The Bertz CT molecular complexity index is 1010. The molecule has 4 aromatic heterocycles. The van der Waals surface area contributed by atoms with Crippen LogP contribution >= 0.6 is 11.3 Å². The summed E-state index contributed by atoms with van der Waals surface area (Å²) in [6.45, 7) is 4.19. The van der Waals surface area contributed by atoms with Gasteiger partial charge in [0.1, 0.15) is 17.2 Å². The average molecular weight is 339 g/mol. The number of hydrogen-bond donors (Lipinski definition) is 1. The van der Waals surface area contributed by atoms with E-state index in [-0.39, 0.29) is 0 Å². The third kappa shape index (κ3) is 2.81. The van der Waals surface area contributed by atoms with E-state index in [9.17, 15) is 0 Å². The molecule has 0 radical (unpaired) electrons. The zero-order valence-corrected chi connectivity index (χ0v) is 13.8. The van der Waals surface area contributed by atoms with Gasteiger partial charge in [-0.3, -0.25) is 0 Å². The Morgan fingerprint density at radius 3 is 2.79 bits per heavy atom. The van der Waals surface area contributed by atoms with Gasteiger partial charge in [0.2, 0.25) is 5.89 Å². The molecule has 0 amide bonds. The fourth-order valence-electron chi connectivity index (χ4n) is 2.27. The Balaban J connectivity index is 1.69. The van der Waals surface area contributed by atoms with Crippen molar-refractivity contribution >= 4 is 28.2 Å². The first-order chi connectivity index (χ1) is 11.7. The molecule has 120 valence electrons. The van der Waals surface area contributed by atoms with E-state index in [4.69, 9.17) is 4.52 Å². The SMILES string of the molecule is Cc1nc(CNc2ncnc3ncc(-c4ncc(C)s4)cc23)no1. The van der Waals surface area contributed by atoms with Crippen LogP contribution in [0.1, 0.15) is 16.6 Å². The molecule has 4 rings (SSSR count). The summed E-state index contributed by atoms with van der Waals surface area (Å²) in [5.74, 6) is 1.77. The summed E-state index contributed by atoms with van der Waals surface area (Å²) in [6, 6.07) is 1.99. The maximum absolute atomic E-state index is 4.97. The molecule has 0 unspecified atom stereocenters. The normalized spacial score (nSPS) is 11.1. The standard InChI is InChI=1S/C15H13N7OS/c1-8-4-18-15(24-8)10-3-11-13(16-5-10)19-7-20-14(11)17-6-12-21-9(2)23-22-12/h3-5,7H,6H2,1-2H3,(H,16,17,19,20). The molecule has 0 aliphatic heterocycles.